The minimum atomic E-state index is -0.671. The molecule has 0 N–H and O–H groups in total. The molecule has 6 heteroatoms. The van der Waals surface area contributed by atoms with E-state index in [4.69, 9.17) is 8.83 Å². The van der Waals surface area contributed by atoms with E-state index in [1.165, 1.54) is 33.4 Å². The van der Waals surface area contributed by atoms with Crippen LogP contribution >= 0.6 is 0 Å². The van der Waals surface area contributed by atoms with Crippen LogP contribution in [0.5, 0.6) is 0 Å². The first-order valence-electron chi connectivity index (χ1n) is 25.1. The Labute approximate surface area is 428 Å². The Morgan fingerprint density at radius 1 is 0.365 bits per heavy atom. The largest absolute Gasteiger partial charge is 0.454 e. The van der Waals surface area contributed by atoms with Gasteiger partial charge in [0.1, 0.15) is 11.2 Å². The van der Waals surface area contributed by atoms with Gasteiger partial charge in [-0.3, -0.25) is 0 Å². The standard InChI is InChI=1S/C68H46N4O2/c1-41-13-9-15-49-51-17-11-23-61(65(51)73-63(41)49)71(45-29-25-43(39-69)26-30-45)47-33-35-55-53(37-47)54-38-48(34-36-56(54)68(55)59-21-7-5-19-57(59)67(3,4)58-20-6-8-22-60(58)68)72(46-31-27-44(40-70)28-32-46)62-24-12-18-52-50-16-10-14-42(2)64(50)74-66(52)62/h5-38H,1-4H3. The van der Waals surface area contributed by atoms with Gasteiger partial charge in [-0.1, -0.05) is 135 Å². The van der Waals surface area contributed by atoms with Crippen molar-refractivity contribution in [2.75, 3.05) is 9.80 Å². The fourth-order valence-electron chi connectivity index (χ4n) is 12.6. The van der Waals surface area contributed by atoms with Gasteiger partial charge in [0, 0.05) is 49.7 Å². The number of nitrogens with zero attached hydrogens (tertiary/aromatic N) is 4. The van der Waals surface area contributed by atoms with Crippen molar-refractivity contribution in [3.63, 3.8) is 0 Å². The van der Waals surface area contributed by atoms with Crippen LogP contribution in [0.15, 0.2) is 215 Å². The Bertz CT molecular complexity index is 4130. The van der Waals surface area contributed by atoms with Crippen LogP contribution in [-0.4, -0.2) is 0 Å². The van der Waals surface area contributed by atoms with Crippen LogP contribution in [0.3, 0.4) is 0 Å². The number of furan rings is 2. The monoisotopic (exact) mass is 950 g/mol. The second kappa shape index (κ2) is 15.9. The molecule has 0 amide bonds. The smallest absolute Gasteiger partial charge is 0.159 e. The molecule has 0 aliphatic heterocycles. The molecule has 0 saturated carbocycles. The summed E-state index contributed by atoms with van der Waals surface area (Å²) in [6.07, 6.45) is 0. The van der Waals surface area contributed by atoms with Crippen molar-refractivity contribution in [2.24, 2.45) is 0 Å². The van der Waals surface area contributed by atoms with E-state index in [0.29, 0.717) is 11.1 Å². The minimum absolute atomic E-state index is 0.271. The van der Waals surface area contributed by atoms with Gasteiger partial charge in [0.2, 0.25) is 0 Å². The third kappa shape index (κ3) is 5.97. The summed E-state index contributed by atoms with van der Waals surface area (Å²) in [4.78, 5) is 4.55. The number of hydrogen-bond acceptors (Lipinski definition) is 6. The average molecular weight is 951 g/mol. The number of hydrogen-bond donors (Lipinski definition) is 0. The summed E-state index contributed by atoms with van der Waals surface area (Å²) in [7, 11) is 0. The third-order valence-electron chi connectivity index (χ3n) is 16.0. The van der Waals surface area contributed by atoms with Gasteiger partial charge >= 0.3 is 0 Å². The SMILES string of the molecule is Cc1cccc2c1oc1c(N(c3ccc(C#N)cc3)c3ccc4c(c3)-c3cc(N(c5ccc(C#N)cc5)c5cccc6c5oc5c(C)cccc56)ccc3C43c4ccccc4C(C)(C)c4ccccc43)cccc12. The van der Waals surface area contributed by atoms with Crippen molar-refractivity contribution in [2.45, 2.75) is 38.5 Å². The van der Waals surface area contributed by atoms with E-state index in [9.17, 15) is 10.5 Å². The third-order valence-corrected chi connectivity index (χ3v) is 16.0. The van der Waals surface area contributed by atoms with E-state index in [1.54, 1.807) is 0 Å². The highest BCUT2D eigenvalue weighted by Gasteiger charge is 2.53. The maximum atomic E-state index is 9.97. The second-order valence-electron chi connectivity index (χ2n) is 20.3. The number of rotatable bonds is 6. The van der Waals surface area contributed by atoms with Crippen LogP contribution in [0.4, 0.5) is 34.1 Å². The van der Waals surface area contributed by atoms with E-state index < -0.39 is 5.41 Å². The quantitative estimate of drug-likeness (QED) is 0.165. The number of para-hydroxylation sites is 4. The lowest BCUT2D eigenvalue weighted by molar-refractivity contribution is 0.563. The molecule has 2 aliphatic rings. The van der Waals surface area contributed by atoms with Crippen LogP contribution in [0.2, 0.25) is 0 Å². The molecular weight excluding hydrogens is 905 g/mol. The zero-order valence-corrected chi connectivity index (χ0v) is 41.2. The summed E-state index contributed by atoms with van der Waals surface area (Å²) in [5, 5.41) is 24.1. The van der Waals surface area contributed by atoms with Gasteiger partial charge in [-0.2, -0.15) is 10.5 Å². The summed E-state index contributed by atoms with van der Waals surface area (Å²) in [5.41, 5.74) is 20.8. The number of nitriles is 2. The van der Waals surface area contributed by atoms with Crippen molar-refractivity contribution in [3.05, 3.63) is 262 Å². The van der Waals surface area contributed by atoms with E-state index in [2.05, 4.69) is 207 Å². The van der Waals surface area contributed by atoms with Gasteiger partial charge in [0.25, 0.3) is 0 Å². The Balaban J connectivity index is 1.07. The van der Waals surface area contributed by atoms with Crippen LogP contribution in [0.1, 0.15) is 69.5 Å². The second-order valence-corrected chi connectivity index (χ2v) is 20.3. The van der Waals surface area contributed by atoms with Crippen molar-refractivity contribution >= 4 is 78.0 Å². The molecule has 2 aromatic heterocycles. The molecule has 6 nitrogen and oxygen atoms in total. The van der Waals surface area contributed by atoms with Crippen molar-refractivity contribution in [1.29, 1.82) is 10.5 Å². The first-order valence-corrected chi connectivity index (χ1v) is 25.1. The highest BCUT2D eigenvalue weighted by Crippen LogP contribution is 2.63. The topological polar surface area (TPSA) is 80.3 Å². The molecular formula is C68H46N4O2. The Kier molecular flexibility index (Phi) is 9.30. The Hall–Kier alpha value is -9.62. The molecule has 1 spiro atoms. The van der Waals surface area contributed by atoms with E-state index in [1.807, 2.05) is 48.5 Å². The first-order chi connectivity index (χ1) is 36.2. The van der Waals surface area contributed by atoms with E-state index in [-0.39, 0.29) is 5.41 Å². The molecule has 12 aromatic rings. The predicted molar refractivity (Wildman–Crippen MR) is 299 cm³/mol. The van der Waals surface area contributed by atoms with Gasteiger partial charge in [-0.15, -0.1) is 0 Å². The summed E-state index contributed by atoms with van der Waals surface area (Å²) >= 11 is 0. The molecule has 0 saturated heterocycles. The van der Waals surface area contributed by atoms with E-state index >= 15 is 0 Å². The normalized spacial score (nSPS) is 13.6. The summed E-state index contributed by atoms with van der Waals surface area (Å²) < 4.78 is 13.8. The lowest BCUT2D eigenvalue weighted by Gasteiger charge is -2.46. The molecule has 74 heavy (non-hydrogen) atoms. The Morgan fingerprint density at radius 2 is 0.730 bits per heavy atom. The van der Waals surface area contributed by atoms with Crippen LogP contribution < -0.4 is 9.80 Å². The first kappa shape index (κ1) is 43.2. The number of benzene rings is 10. The lowest BCUT2D eigenvalue weighted by Crippen LogP contribution is -2.40. The van der Waals surface area contributed by atoms with Gasteiger partial charge in [-0.25, -0.2) is 0 Å². The summed E-state index contributed by atoms with van der Waals surface area (Å²) in [5.74, 6) is 0. The predicted octanol–water partition coefficient (Wildman–Crippen LogP) is 17.8. The maximum Gasteiger partial charge on any atom is 0.159 e. The molecule has 10 aromatic carbocycles. The lowest BCUT2D eigenvalue weighted by atomic mass is 9.55. The molecule has 0 unspecified atom stereocenters. The van der Waals surface area contributed by atoms with Gasteiger partial charge in [0.15, 0.2) is 11.2 Å². The maximum absolute atomic E-state index is 9.97. The molecule has 0 fully saturated rings. The minimum Gasteiger partial charge on any atom is -0.454 e. The van der Waals surface area contributed by atoms with Crippen molar-refractivity contribution in [3.8, 4) is 23.3 Å². The fraction of sp³-hybridized carbons (Fsp3) is 0.0882. The van der Waals surface area contributed by atoms with E-state index in [0.717, 1.165) is 100 Å². The molecule has 350 valence electrons. The molecule has 0 bridgehead atoms. The fourth-order valence-corrected chi connectivity index (χ4v) is 12.6. The van der Waals surface area contributed by atoms with Gasteiger partial charge < -0.3 is 18.6 Å². The van der Waals surface area contributed by atoms with Gasteiger partial charge in [-0.05, 0) is 154 Å². The average Bonchev–Trinajstić information content (AvgIpc) is 4.27. The zero-order valence-electron chi connectivity index (χ0n) is 41.2. The molecule has 2 heterocycles. The van der Waals surface area contributed by atoms with Crippen LogP contribution in [0.25, 0.3) is 55.0 Å². The summed E-state index contributed by atoms with van der Waals surface area (Å²) in [6, 6.07) is 77.6. The molecule has 14 rings (SSSR count). The van der Waals surface area contributed by atoms with Crippen molar-refractivity contribution in [1.82, 2.24) is 0 Å². The Morgan fingerprint density at radius 3 is 1.14 bits per heavy atom. The number of anilines is 6. The molecule has 0 atom stereocenters. The zero-order chi connectivity index (χ0) is 50.0. The number of aryl methyl sites for hydroxylation is 2. The molecule has 0 radical (unpaired) electrons. The highest BCUT2D eigenvalue weighted by atomic mass is 16.3. The van der Waals surface area contributed by atoms with Crippen molar-refractivity contribution < 1.29 is 8.83 Å². The molecule has 2 aliphatic carbocycles. The van der Waals surface area contributed by atoms with Crippen LogP contribution in [0, 0.1) is 36.5 Å². The van der Waals surface area contributed by atoms with Gasteiger partial charge in [0.05, 0.1) is 40.1 Å². The summed E-state index contributed by atoms with van der Waals surface area (Å²) in [6.45, 7) is 8.89. The number of fused-ring (bicyclic) bond motifs is 15. The highest BCUT2D eigenvalue weighted by molar-refractivity contribution is 6.12. The van der Waals surface area contributed by atoms with Crippen LogP contribution in [-0.2, 0) is 10.8 Å².